The number of rotatable bonds is 8. The van der Waals surface area contributed by atoms with Gasteiger partial charge < -0.3 is 14.6 Å². The van der Waals surface area contributed by atoms with Crippen molar-refractivity contribution in [2.45, 2.75) is 19.4 Å². The van der Waals surface area contributed by atoms with Gasteiger partial charge in [0.1, 0.15) is 23.0 Å². The Hall–Kier alpha value is -4.66. The molecule has 5 aromatic rings. The maximum atomic E-state index is 13.7. The Morgan fingerprint density at radius 2 is 1.69 bits per heavy atom. The highest BCUT2D eigenvalue weighted by atomic mass is 35.5. The summed E-state index contributed by atoms with van der Waals surface area (Å²) in [7, 11) is 0. The fourth-order valence-electron chi connectivity index (χ4n) is 4.82. The Balaban J connectivity index is 1.50. The minimum atomic E-state index is -0.972. The van der Waals surface area contributed by atoms with Crippen LogP contribution in [0.15, 0.2) is 103 Å². The predicted molar refractivity (Wildman–Crippen MR) is 165 cm³/mol. The summed E-state index contributed by atoms with van der Waals surface area (Å²) in [6.07, 6.45) is 0.816. The fraction of sp³-hybridized carbons (Fsp3) is 0.121. The quantitative estimate of drug-likeness (QED) is 0.110. The molecule has 6 rings (SSSR count). The Bertz CT molecular complexity index is 1840. The lowest BCUT2D eigenvalue weighted by atomic mass is 9.95. The number of anilines is 1. The number of ether oxygens (including phenoxy) is 2. The highest BCUT2D eigenvalue weighted by Gasteiger charge is 2.48. The van der Waals surface area contributed by atoms with E-state index in [1.165, 1.54) is 16.2 Å². The lowest BCUT2D eigenvalue weighted by Gasteiger charge is -2.23. The largest absolute Gasteiger partial charge is 0.507 e. The Kier molecular flexibility index (Phi) is 7.65. The van der Waals surface area contributed by atoms with Crippen LogP contribution in [-0.4, -0.2) is 28.4 Å². The van der Waals surface area contributed by atoms with Crippen molar-refractivity contribution in [1.29, 1.82) is 0 Å². The van der Waals surface area contributed by atoms with Gasteiger partial charge in [0, 0.05) is 10.6 Å². The number of hydrogen-bond donors (Lipinski definition) is 1. The number of Topliss-reactive ketones (excluding diaryl/α,β-unsaturated/α-hetero) is 1. The maximum absolute atomic E-state index is 13.7. The van der Waals surface area contributed by atoms with Crippen LogP contribution >= 0.6 is 22.9 Å². The second-order valence-electron chi connectivity index (χ2n) is 9.64. The number of aliphatic hydroxyl groups is 1. The molecule has 2 heterocycles. The second-order valence-corrected chi connectivity index (χ2v) is 11.1. The number of para-hydroxylation sites is 1. The van der Waals surface area contributed by atoms with E-state index in [1.807, 2.05) is 37.3 Å². The van der Waals surface area contributed by atoms with Crippen molar-refractivity contribution in [3.05, 3.63) is 119 Å². The van der Waals surface area contributed by atoms with Gasteiger partial charge in [0.15, 0.2) is 5.13 Å². The summed E-state index contributed by atoms with van der Waals surface area (Å²) in [4.78, 5) is 33.4. The number of carbonyl (C=O) groups is 2. The van der Waals surface area contributed by atoms with Gasteiger partial charge in [-0.2, -0.15) is 0 Å². The van der Waals surface area contributed by atoms with E-state index >= 15 is 0 Å². The van der Waals surface area contributed by atoms with Crippen molar-refractivity contribution < 1.29 is 24.2 Å². The molecule has 0 saturated carbocycles. The normalized spacial score (nSPS) is 16.2. The van der Waals surface area contributed by atoms with E-state index in [9.17, 15) is 14.7 Å². The monoisotopic (exact) mass is 596 g/mol. The number of thiazole rings is 1. The minimum absolute atomic E-state index is 0.0539. The van der Waals surface area contributed by atoms with Gasteiger partial charge >= 0.3 is 5.91 Å². The number of ketones is 1. The molecule has 7 nitrogen and oxygen atoms in total. The van der Waals surface area contributed by atoms with E-state index in [2.05, 4.69) is 4.98 Å². The number of nitrogens with zero attached hydrogens (tertiary/aromatic N) is 2. The molecule has 0 radical (unpaired) electrons. The molecular formula is C33H25ClN2O5S. The third kappa shape index (κ3) is 5.34. The van der Waals surface area contributed by atoms with E-state index in [4.69, 9.17) is 21.1 Å². The summed E-state index contributed by atoms with van der Waals surface area (Å²) < 4.78 is 12.6. The maximum Gasteiger partial charge on any atom is 0.301 e. The molecule has 1 amide bonds. The van der Waals surface area contributed by atoms with Crippen LogP contribution < -0.4 is 14.4 Å². The lowest BCUT2D eigenvalue weighted by molar-refractivity contribution is -0.132. The molecule has 1 fully saturated rings. The molecule has 0 spiro atoms. The molecule has 42 heavy (non-hydrogen) atoms. The summed E-state index contributed by atoms with van der Waals surface area (Å²) in [5.74, 6) is -0.219. The lowest BCUT2D eigenvalue weighted by Crippen LogP contribution is -2.29. The van der Waals surface area contributed by atoms with Crippen LogP contribution in [0.1, 0.15) is 30.5 Å². The molecule has 9 heteroatoms. The molecular weight excluding hydrogens is 572 g/mol. The third-order valence-electron chi connectivity index (χ3n) is 6.72. The smallest absolute Gasteiger partial charge is 0.301 e. The Labute approximate surface area is 251 Å². The molecule has 0 aliphatic carbocycles. The molecule has 4 aromatic carbocycles. The van der Waals surface area contributed by atoms with Gasteiger partial charge in [0.25, 0.3) is 5.78 Å². The van der Waals surface area contributed by atoms with E-state index in [0.29, 0.717) is 50.7 Å². The number of fused-ring (bicyclic) bond motifs is 1. The molecule has 1 saturated heterocycles. The Morgan fingerprint density at radius 3 is 2.50 bits per heavy atom. The van der Waals surface area contributed by atoms with Crippen molar-refractivity contribution in [2.24, 2.45) is 0 Å². The number of amides is 1. The number of carbonyl (C=O) groups excluding carboxylic acids is 2. The molecule has 210 valence electrons. The third-order valence-corrected chi connectivity index (χ3v) is 7.98. The van der Waals surface area contributed by atoms with Crippen molar-refractivity contribution in [3.63, 3.8) is 0 Å². The van der Waals surface area contributed by atoms with Gasteiger partial charge in [0.05, 0.1) is 28.4 Å². The zero-order valence-corrected chi connectivity index (χ0v) is 24.1. The van der Waals surface area contributed by atoms with E-state index in [1.54, 1.807) is 66.7 Å². The molecule has 1 atom stereocenters. The van der Waals surface area contributed by atoms with E-state index in [-0.39, 0.29) is 11.3 Å². The summed E-state index contributed by atoms with van der Waals surface area (Å²) in [6, 6.07) is 27.5. The number of hydrogen-bond acceptors (Lipinski definition) is 7. The molecule has 1 aromatic heterocycles. The molecule has 1 N–H and O–H groups in total. The first kappa shape index (κ1) is 27.5. The molecule has 1 unspecified atom stereocenters. The van der Waals surface area contributed by atoms with Crippen molar-refractivity contribution in [2.75, 3.05) is 11.5 Å². The average Bonchev–Trinajstić information content (AvgIpc) is 3.53. The predicted octanol–water partition coefficient (Wildman–Crippen LogP) is 8.16. The summed E-state index contributed by atoms with van der Waals surface area (Å²) in [6.45, 7) is 2.50. The first-order chi connectivity index (χ1) is 20.4. The fourth-order valence-corrected chi connectivity index (χ4v) is 6.08. The van der Waals surface area contributed by atoms with Gasteiger partial charge in [-0.25, -0.2) is 4.98 Å². The average molecular weight is 597 g/mol. The van der Waals surface area contributed by atoms with E-state index < -0.39 is 17.7 Å². The van der Waals surface area contributed by atoms with Crippen molar-refractivity contribution in [1.82, 2.24) is 4.98 Å². The second kappa shape index (κ2) is 11.7. The zero-order valence-electron chi connectivity index (χ0n) is 22.5. The van der Waals surface area contributed by atoms with Crippen LogP contribution in [0.4, 0.5) is 5.13 Å². The van der Waals surface area contributed by atoms with Crippen LogP contribution in [-0.2, 0) is 9.59 Å². The van der Waals surface area contributed by atoms with Crippen LogP contribution in [0.3, 0.4) is 0 Å². The standard InChI is InChI=1S/C33H25ClN2O5S/c1-2-16-40-24-12-7-9-21(18-24)30(37)28-29(20-8-6-13-25(17-20)41-23-10-4-3-5-11-23)36(32(39)31(28)38)33-35-26-15-14-22(34)19-27(26)42-33/h3-15,17-19,29,37H,2,16H2,1H3/b30-28+. The summed E-state index contributed by atoms with van der Waals surface area (Å²) >= 11 is 7.45. The van der Waals surface area contributed by atoms with Crippen molar-refractivity contribution in [3.8, 4) is 17.2 Å². The van der Waals surface area contributed by atoms with Gasteiger partial charge in [-0.3, -0.25) is 14.5 Å². The first-order valence-corrected chi connectivity index (χ1v) is 14.6. The molecule has 1 aliphatic heterocycles. The summed E-state index contributed by atoms with van der Waals surface area (Å²) in [5, 5.41) is 12.4. The highest BCUT2D eigenvalue weighted by molar-refractivity contribution is 7.22. The minimum Gasteiger partial charge on any atom is -0.507 e. The van der Waals surface area contributed by atoms with Gasteiger partial charge in [-0.15, -0.1) is 0 Å². The van der Waals surface area contributed by atoms with Crippen LogP contribution in [0.5, 0.6) is 17.2 Å². The van der Waals surface area contributed by atoms with Crippen LogP contribution in [0.25, 0.3) is 16.0 Å². The first-order valence-electron chi connectivity index (χ1n) is 13.4. The Morgan fingerprint density at radius 1 is 0.929 bits per heavy atom. The summed E-state index contributed by atoms with van der Waals surface area (Å²) in [5.41, 5.74) is 1.52. The van der Waals surface area contributed by atoms with Crippen molar-refractivity contribution >= 4 is 55.7 Å². The van der Waals surface area contributed by atoms with Gasteiger partial charge in [0.2, 0.25) is 0 Å². The molecule has 1 aliphatic rings. The van der Waals surface area contributed by atoms with Crippen LogP contribution in [0, 0.1) is 0 Å². The van der Waals surface area contributed by atoms with Crippen LogP contribution in [0.2, 0.25) is 5.02 Å². The van der Waals surface area contributed by atoms with Gasteiger partial charge in [-0.1, -0.05) is 72.3 Å². The number of aromatic nitrogens is 1. The number of aliphatic hydroxyl groups excluding tert-OH is 1. The molecule has 0 bridgehead atoms. The highest BCUT2D eigenvalue weighted by Crippen LogP contribution is 2.45. The number of benzene rings is 4. The number of halogens is 1. The topological polar surface area (TPSA) is 89.0 Å². The van der Waals surface area contributed by atoms with E-state index in [0.717, 1.165) is 11.1 Å². The SMILES string of the molecule is CCCOc1cccc(/C(O)=C2\C(=O)C(=O)N(c3nc4ccc(Cl)cc4s3)C2c2cccc(Oc3ccccc3)c2)c1. The van der Waals surface area contributed by atoms with Gasteiger partial charge in [-0.05, 0) is 66.6 Å². The zero-order chi connectivity index (χ0) is 29.2.